The van der Waals surface area contributed by atoms with Gasteiger partial charge in [0.15, 0.2) is 5.60 Å². The largest absolute Gasteiger partial charge is 0.378 e. The molecular weight excluding hydrogens is 278 g/mol. The second kappa shape index (κ2) is 5.25. The van der Waals surface area contributed by atoms with Gasteiger partial charge in [-0.2, -0.15) is 0 Å². The van der Waals surface area contributed by atoms with Crippen molar-refractivity contribution in [3.8, 4) is 0 Å². The summed E-state index contributed by atoms with van der Waals surface area (Å²) in [4.78, 5) is 18.2. The zero-order chi connectivity index (χ0) is 15.9. The molecule has 1 aliphatic rings. The number of primary amides is 1. The number of nitrogens with two attached hydrogens (primary N) is 1. The van der Waals surface area contributed by atoms with Crippen molar-refractivity contribution in [1.29, 1.82) is 0 Å². The molecule has 1 aliphatic heterocycles. The smallest absolute Gasteiger partial charge is 0.251 e. The molecule has 0 spiro atoms. The lowest BCUT2D eigenvalue weighted by Gasteiger charge is -2.39. The Balaban J connectivity index is 2.12. The molecule has 116 valence electrons. The van der Waals surface area contributed by atoms with E-state index in [1.807, 2.05) is 38.2 Å². The van der Waals surface area contributed by atoms with Gasteiger partial charge in [0.1, 0.15) is 0 Å². The van der Waals surface area contributed by atoms with Crippen LogP contribution >= 0.6 is 0 Å². The predicted molar refractivity (Wildman–Crippen MR) is 86.8 cm³/mol. The van der Waals surface area contributed by atoms with Crippen LogP contribution < -0.4 is 10.6 Å². The van der Waals surface area contributed by atoms with Crippen LogP contribution in [0.4, 0.5) is 5.69 Å². The fourth-order valence-electron chi connectivity index (χ4n) is 3.30. The van der Waals surface area contributed by atoms with Crippen LogP contribution in [0.3, 0.4) is 0 Å². The first-order valence-electron chi connectivity index (χ1n) is 7.54. The summed E-state index contributed by atoms with van der Waals surface area (Å²) in [5, 5.41) is 11.5. The molecule has 1 aromatic carbocycles. The highest BCUT2D eigenvalue weighted by molar-refractivity contribution is 5.95. The van der Waals surface area contributed by atoms with Gasteiger partial charge in [-0.05, 0) is 37.8 Å². The van der Waals surface area contributed by atoms with Crippen LogP contribution in [0.5, 0.6) is 0 Å². The van der Waals surface area contributed by atoms with Gasteiger partial charge >= 0.3 is 0 Å². The maximum atomic E-state index is 11.6. The van der Waals surface area contributed by atoms with Crippen molar-refractivity contribution >= 4 is 22.5 Å². The number of para-hydroxylation sites is 1. The van der Waals surface area contributed by atoms with Crippen molar-refractivity contribution in [2.45, 2.75) is 32.3 Å². The van der Waals surface area contributed by atoms with Crippen molar-refractivity contribution in [2.75, 3.05) is 18.0 Å². The minimum absolute atomic E-state index is 0.232. The molecule has 1 atom stereocenters. The van der Waals surface area contributed by atoms with Crippen LogP contribution in [-0.2, 0) is 4.79 Å². The summed E-state index contributed by atoms with van der Waals surface area (Å²) in [5.41, 5.74) is 8.07. The number of β-amino-alcohol motifs (C(OH)–C–C–N with tert-alkyl or cyclic N) is 1. The number of nitrogens with zero attached hydrogens (tertiary/aromatic N) is 2. The molecule has 0 radical (unpaired) electrons. The molecule has 1 fully saturated rings. The van der Waals surface area contributed by atoms with E-state index in [2.05, 4.69) is 9.88 Å². The molecule has 2 aromatic rings. The number of benzene rings is 1. The molecular formula is C17H21N3O2. The zero-order valence-corrected chi connectivity index (χ0v) is 13.0. The van der Waals surface area contributed by atoms with E-state index >= 15 is 0 Å². The van der Waals surface area contributed by atoms with Gasteiger partial charge < -0.3 is 15.7 Å². The van der Waals surface area contributed by atoms with E-state index in [0.717, 1.165) is 40.7 Å². The van der Waals surface area contributed by atoms with Gasteiger partial charge in [-0.25, -0.2) is 0 Å². The number of aryl methyl sites for hydroxylation is 2. The standard InChI is InChI=1S/C17H21N3O2/c1-11-5-3-6-13-14(11)19-9-12(2)15(13)20-8-4-7-17(22,10-20)16(18)21/h3,5-6,9,22H,4,7-8,10H2,1-2H3,(H2,18,21). The topological polar surface area (TPSA) is 79.4 Å². The number of hydrogen-bond donors (Lipinski definition) is 2. The summed E-state index contributed by atoms with van der Waals surface area (Å²) < 4.78 is 0. The Hall–Kier alpha value is -2.14. The van der Waals surface area contributed by atoms with Crippen molar-refractivity contribution in [3.63, 3.8) is 0 Å². The number of hydrogen-bond acceptors (Lipinski definition) is 4. The summed E-state index contributed by atoms with van der Waals surface area (Å²) >= 11 is 0. The number of aromatic nitrogens is 1. The summed E-state index contributed by atoms with van der Waals surface area (Å²) in [7, 11) is 0. The summed E-state index contributed by atoms with van der Waals surface area (Å²) in [6.45, 7) is 5.06. The molecule has 0 saturated carbocycles. The molecule has 0 bridgehead atoms. The summed E-state index contributed by atoms with van der Waals surface area (Å²) in [6.07, 6.45) is 3.00. The van der Waals surface area contributed by atoms with Crippen molar-refractivity contribution in [1.82, 2.24) is 4.98 Å². The van der Waals surface area contributed by atoms with Crippen LogP contribution in [0.15, 0.2) is 24.4 Å². The van der Waals surface area contributed by atoms with Gasteiger partial charge in [0.2, 0.25) is 0 Å². The number of amides is 1. The van der Waals surface area contributed by atoms with E-state index in [-0.39, 0.29) is 6.54 Å². The van der Waals surface area contributed by atoms with Gasteiger partial charge in [-0.15, -0.1) is 0 Å². The number of carbonyl (C=O) groups excluding carboxylic acids is 1. The highest BCUT2D eigenvalue weighted by Gasteiger charge is 2.39. The maximum Gasteiger partial charge on any atom is 0.251 e. The van der Waals surface area contributed by atoms with E-state index in [4.69, 9.17) is 5.73 Å². The Morgan fingerprint density at radius 3 is 2.86 bits per heavy atom. The van der Waals surface area contributed by atoms with Crippen LogP contribution in [0, 0.1) is 13.8 Å². The Morgan fingerprint density at radius 2 is 2.14 bits per heavy atom. The van der Waals surface area contributed by atoms with E-state index in [9.17, 15) is 9.90 Å². The van der Waals surface area contributed by atoms with E-state index in [1.54, 1.807) is 0 Å². The number of anilines is 1. The normalized spacial score (nSPS) is 22.0. The van der Waals surface area contributed by atoms with E-state index in [1.165, 1.54) is 0 Å². The van der Waals surface area contributed by atoms with E-state index < -0.39 is 11.5 Å². The van der Waals surface area contributed by atoms with E-state index in [0.29, 0.717) is 6.42 Å². The Morgan fingerprint density at radius 1 is 1.36 bits per heavy atom. The van der Waals surface area contributed by atoms with Crippen molar-refractivity contribution < 1.29 is 9.90 Å². The number of pyridine rings is 1. The number of piperidine rings is 1. The lowest BCUT2D eigenvalue weighted by molar-refractivity contribution is -0.137. The van der Waals surface area contributed by atoms with Crippen LogP contribution in [0.25, 0.3) is 10.9 Å². The molecule has 3 N–H and O–H groups in total. The molecule has 5 heteroatoms. The average molecular weight is 299 g/mol. The quantitative estimate of drug-likeness (QED) is 0.884. The highest BCUT2D eigenvalue weighted by atomic mass is 16.3. The van der Waals surface area contributed by atoms with Crippen molar-refractivity contribution in [2.24, 2.45) is 5.73 Å². The van der Waals surface area contributed by atoms with Gasteiger partial charge in [-0.3, -0.25) is 9.78 Å². The predicted octanol–water partition coefficient (Wildman–Crippen LogP) is 1.67. The third-order valence-corrected chi connectivity index (χ3v) is 4.50. The second-order valence-corrected chi connectivity index (χ2v) is 6.18. The fourth-order valence-corrected chi connectivity index (χ4v) is 3.30. The first kappa shape index (κ1) is 14.8. The second-order valence-electron chi connectivity index (χ2n) is 6.18. The first-order valence-corrected chi connectivity index (χ1v) is 7.54. The maximum absolute atomic E-state index is 11.6. The Labute approximate surface area is 129 Å². The zero-order valence-electron chi connectivity index (χ0n) is 13.0. The van der Waals surface area contributed by atoms with Crippen molar-refractivity contribution in [3.05, 3.63) is 35.5 Å². The molecule has 1 amide bonds. The third-order valence-electron chi connectivity index (χ3n) is 4.50. The van der Waals surface area contributed by atoms with Gasteiger partial charge in [0.05, 0.1) is 17.7 Å². The van der Waals surface area contributed by atoms with Gasteiger partial charge in [-0.1, -0.05) is 18.2 Å². The average Bonchev–Trinajstić information content (AvgIpc) is 2.47. The minimum Gasteiger partial charge on any atom is -0.378 e. The number of fused-ring (bicyclic) bond motifs is 1. The molecule has 2 heterocycles. The Bertz CT molecular complexity index is 744. The highest BCUT2D eigenvalue weighted by Crippen LogP contribution is 2.34. The summed E-state index contributed by atoms with van der Waals surface area (Å²) in [6, 6.07) is 6.08. The fraction of sp³-hybridized carbons (Fsp3) is 0.412. The monoisotopic (exact) mass is 299 g/mol. The molecule has 3 rings (SSSR count). The molecule has 1 unspecified atom stereocenters. The van der Waals surface area contributed by atoms with Crippen LogP contribution in [0.1, 0.15) is 24.0 Å². The molecule has 5 nitrogen and oxygen atoms in total. The van der Waals surface area contributed by atoms with Crippen LogP contribution in [0.2, 0.25) is 0 Å². The lowest BCUT2D eigenvalue weighted by Crippen LogP contribution is -2.56. The first-order chi connectivity index (χ1) is 10.4. The number of aliphatic hydroxyl groups is 1. The molecule has 1 aromatic heterocycles. The number of carbonyl (C=O) groups is 1. The molecule has 22 heavy (non-hydrogen) atoms. The minimum atomic E-state index is -1.45. The van der Waals surface area contributed by atoms with Gasteiger partial charge in [0, 0.05) is 18.1 Å². The molecule has 1 saturated heterocycles. The lowest BCUT2D eigenvalue weighted by atomic mass is 9.91. The third kappa shape index (κ3) is 2.31. The Kier molecular flexibility index (Phi) is 3.53. The summed E-state index contributed by atoms with van der Waals surface area (Å²) in [5.74, 6) is -0.649. The number of rotatable bonds is 2. The van der Waals surface area contributed by atoms with Gasteiger partial charge in [0.25, 0.3) is 5.91 Å². The SMILES string of the molecule is Cc1cnc2c(C)cccc2c1N1CCCC(O)(C(N)=O)C1. The van der Waals surface area contributed by atoms with Crippen LogP contribution in [-0.4, -0.2) is 34.7 Å². The molecule has 0 aliphatic carbocycles.